The molecule has 2 heterocycles. The van der Waals surface area contributed by atoms with Crippen LogP contribution >= 0.6 is 11.3 Å². The van der Waals surface area contributed by atoms with Crippen LogP contribution in [0, 0.1) is 12.8 Å². The summed E-state index contributed by atoms with van der Waals surface area (Å²) in [5.74, 6) is -0.237. The van der Waals surface area contributed by atoms with Crippen molar-refractivity contribution in [3.63, 3.8) is 0 Å². The van der Waals surface area contributed by atoms with Crippen LogP contribution in [0.5, 0.6) is 0 Å². The molecule has 6 heteroatoms. The van der Waals surface area contributed by atoms with Crippen molar-refractivity contribution in [3.05, 3.63) is 16.5 Å². The van der Waals surface area contributed by atoms with Gasteiger partial charge in [-0.3, -0.25) is 4.90 Å². The number of urea groups is 1. The van der Waals surface area contributed by atoms with Crippen molar-refractivity contribution in [2.24, 2.45) is 5.92 Å². The van der Waals surface area contributed by atoms with Crippen LogP contribution in [0.3, 0.4) is 0 Å². The third-order valence-corrected chi connectivity index (χ3v) is 4.88. The molecule has 1 saturated carbocycles. The fraction of sp³-hybridized carbons (Fsp3) is 0.538. The molecule has 1 aromatic rings. The molecule has 0 aromatic carbocycles. The zero-order valence-corrected chi connectivity index (χ0v) is 11.6. The van der Waals surface area contributed by atoms with Gasteiger partial charge in [0.15, 0.2) is 0 Å². The molecule has 19 heavy (non-hydrogen) atoms. The van der Waals surface area contributed by atoms with Crippen LogP contribution in [0.4, 0.5) is 9.80 Å². The van der Waals surface area contributed by atoms with Crippen LogP contribution < -0.4 is 4.90 Å². The molecule has 0 spiro atoms. The summed E-state index contributed by atoms with van der Waals surface area (Å²) in [5.41, 5.74) is 0.723. The van der Waals surface area contributed by atoms with E-state index in [1.54, 1.807) is 17.9 Å². The van der Waals surface area contributed by atoms with Crippen molar-refractivity contribution in [2.45, 2.75) is 19.8 Å². The maximum Gasteiger partial charge on any atom is 0.346 e. The first-order chi connectivity index (χ1) is 9.06. The number of carbonyl (C=O) groups is 2. The van der Waals surface area contributed by atoms with E-state index in [1.165, 1.54) is 24.2 Å². The average Bonchev–Trinajstić information content (AvgIpc) is 2.98. The predicted octanol–water partition coefficient (Wildman–Crippen LogP) is 2.41. The van der Waals surface area contributed by atoms with Gasteiger partial charge < -0.3 is 10.0 Å². The lowest BCUT2D eigenvalue weighted by Gasteiger charge is -2.16. The molecule has 0 unspecified atom stereocenters. The average molecular weight is 280 g/mol. The van der Waals surface area contributed by atoms with Gasteiger partial charge in [0, 0.05) is 19.6 Å². The van der Waals surface area contributed by atoms with Gasteiger partial charge in [-0.2, -0.15) is 0 Å². The van der Waals surface area contributed by atoms with Crippen molar-refractivity contribution < 1.29 is 14.7 Å². The van der Waals surface area contributed by atoms with E-state index in [-0.39, 0.29) is 6.03 Å². The van der Waals surface area contributed by atoms with E-state index in [0.717, 1.165) is 23.7 Å². The Bertz CT molecular complexity index is 536. The number of carbonyl (C=O) groups excluding carboxylic acids is 1. The summed E-state index contributed by atoms with van der Waals surface area (Å²) in [6.45, 7) is 4.02. The van der Waals surface area contributed by atoms with Crippen LogP contribution in [-0.2, 0) is 0 Å². The van der Waals surface area contributed by atoms with Crippen molar-refractivity contribution in [1.82, 2.24) is 4.90 Å². The minimum absolute atomic E-state index is 0.0186. The molecule has 102 valence electrons. The molecule has 1 aliphatic heterocycles. The maximum absolute atomic E-state index is 12.3. The molecule has 0 atom stereocenters. The van der Waals surface area contributed by atoms with Crippen LogP contribution in [0.1, 0.15) is 28.1 Å². The Balaban J connectivity index is 1.77. The van der Waals surface area contributed by atoms with E-state index in [2.05, 4.69) is 0 Å². The highest BCUT2D eigenvalue weighted by Crippen LogP contribution is 2.34. The first-order valence-corrected chi connectivity index (χ1v) is 7.28. The first kappa shape index (κ1) is 12.5. The van der Waals surface area contributed by atoms with Gasteiger partial charge in [-0.1, -0.05) is 0 Å². The number of carboxylic acids is 1. The van der Waals surface area contributed by atoms with Crippen LogP contribution in [-0.4, -0.2) is 41.6 Å². The highest BCUT2D eigenvalue weighted by Gasteiger charge is 2.35. The lowest BCUT2D eigenvalue weighted by molar-refractivity contribution is 0.0701. The van der Waals surface area contributed by atoms with Crippen molar-refractivity contribution >= 4 is 28.3 Å². The summed E-state index contributed by atoms with van der Waals surface area (Å²) in [4.78, 5) is 27.2. The smallest absolute Gasteiger partial charge is 0.346 e. The van der Waals surface area contributed by atoms with Crippen molar-refractivity contribution in [2.75, 3.05) is 24.5 Å². The quantitative estimate of drug-likeness (QED) is 0.921. The number of rotatable bonds is 4. The van der Waals surface area contributed by atoms with Gasteiger partial charge in [0.05, 0.1) is 0 Å². The Morgan fingerprint density at radius 2 is 2.21 bits per heavy atom. The van der Waals surface area contributed by atoms with Gasteiger partial charge in [0.2, 0.25) is 0 Å². The molecule has 2 fully saturated rings. The Hall–Kier alpha value is -1.56. The topological polar surface area (TPSA) is 60.9 Å². The number of aromatic carboxylic acids is 1. The summed E-state index contributed by atoms with van der Waals surface area (Å²) in [7, 11) is 0. The fourth-order valence-corrected chi connectivity index (χ4v) is 3.41. The largest absolute Gasteiger partial charge is 0.477 e. The van der Waals surface area contributed by atoms with E-state index in [4.69, 9.17) is 5.11 Å². The first-order valence-electron chi connectivity index (χ1n) is 6.46. The van der Waals surface area contributed by atoms with E-state index < -0.39 is 5.97 Å². The fourth-order valence-electron chi connectivity index (χ4n) is 2.38. The minimum atomic E-state index is -0.921. The number of hydrogen-bond donors (Lipinski definition) is 1. The summed E-state index contributed by atoms with van der Waals surface area (Å²) < 4.78 is 0. The van der Waals surface area contributed by atoms with Crippen LogP contribution in [0.15, 0.2) is 6.07 Å². The summed E-state index contributed by atoms with van der Waals surface area (Å²) in [5, 5.41) is 9.81. The molecular weight excluding hydrogens is 264 g/mol. The second-order valence-corrected chi connectivity index (χ2v) is 6.26. The summed E-state index contributed by atoms with van der Waals surface area (Å²) in [6, 6.07) is 1.82. The lowest BCUT2D eigenvalue weighted by Crippen LogP contribution is -2.32. The SMILES string of the molecule is Cc1cc(N2CCN(CC3CC3)C2=O)sc1C(=O)O. The molecule has 2 amide bonds. The highest BCUT2D eigenvalue weighted by atomic mass is 32.1. The van der Waals surface area contributed by atoms with Gasteiger partial charge in [0.1, 0.15) is 9.88 Å². The van der Waals surface area contributed by atoms with E-state index >= 15 is 0 Å². The van der Waals surface area contributed by atoms with Crippen molar-refractivity contribution in [1.29, 1.82) is 0 Å². The lowest BCUT2D eigenvalue weighted by atomic mass is 10.3. The number of nitrogens with zero attached hydrogens (tertiary/aromatic N) is 2. The molecule has 1 aliphatic carbocycles. The van der Waals surface area contributed by atoms with Crippen LogP contribution in [0.2, 0.25) is 0 Å². The molecule has 2 aliphatic rings. The molecule has 3 rings (SSSR count). The van der Waals surface area contributed by atoms with E-state index in [0.29, 0.717) is 17.3 Å². The predicted molar refractivity (Wildman–Crippen MR) is 73.1 cm³/mol. The minimum Gasteiger partial charge on any atom is -0.477 e. The molecule has 1 N–H and O–H groups in total. The zero-order chi connectivity index (χ0) is 13.6. The van der Waals surface area contributed by atoms with Gasteiger partial charge in [-0.15, -0.1) is 11.3 Å². The number of anilines is 1. The molecule has 0 radical (unpaired) electrons. The second-order valence-electron chi connectivity index (χ2n) is 5.23. The number of aryl methyl sites for hydroxylation is 1. The standard InChI is InChI=1S/C13H16N2O3S/c1-8-6-10(19-11(8)12(16)17)15-5-4-14(13(15)18)7-9-2-3-9/h6,9H,2-5,7H2,1H3,(H,16,17). The Labute approximate surface area is 115 Å². The van der Waals surface area contributed by atoms with Crippen LogP contribution in [0.25, 0.3) is 0 Å². The molecular formula is C13H16N2O3S. The summed E-state index contributed by atoms with van der Waals surface area (Å²) in [6.07, 6.45) is 2.45. The number of hydrogen-bond acceptors (Lipinski definition) is 3. The van der Waals surface area contributed by atoms with Gasteiger partial charge in [-0.05, 0) is 37.3 Å². The third-order valence-electron chi connectivity index (χ3n) is 3.64. The Morgan fingerprint density at radius 3 is 2.79 bits per heavy atom. The Kier molecular flexibility index (Phi) is 2.97. The third kappa shape index (κ3) is 2.32. The number of carboxylic acid groups (broad SMARTS) is 1. The molecule has 1 aromatic heterocycles. The normalized spacial score (nSPS) is 19.3. The Morgan fingerprint density at radius 1 is 1.47 bits per heavy atom. The van der Waals surface area contributed by atoms with Gasteiger partial charge in [-0.25, -0.2) is 9.59 Å². The molecule has 0 bridgehead atoms. The van der Waals surface area contributed by atoms with Gasteiger partial charge >= 0.3 is 12.0 Å². The molecule has 1 saturated heterocycles. The van der Waals surface area contributed by atoms with Crippen molar-refractivity contribution in [3.8, 4) is 0 Å². The number of thiophene rings is 1. The second kappa shape index (κ2) is 4.52. The number of amides is 2. The zero-order valence-electron chi connectivity index (χ0n) is 10.8. The monoisotopic (exact) mass is 280 g/mol. The van der Waals surface area contributed by atoms with E-state index in [1.807, 2.05) is 4.90 Å². The van der Waals surface area contributed by atoms with E-state index in [9.17, 15) is 9.59 Å². The molecule has 5 nitrogen and oxygen atoms in total. The van der Waals surface area contributed by atoms with Gasteiger partial charge in [0.25, 0.3) is 0 Å². The highest BCUT2D eigenvalue weighted by molar-refractivity contribution is 7.18. The summed E-state index contributed by atoms with van der Waals surface area (Å²) >= 11 is 1.18. The maximum atomic E-state index is 12.3.